The Hall–Kier alpha value is -0.550. The largest absolute Gasteiger partial charge is 0.306 e. The highest BCUT2D eigenvalue weighted by Crippen LogP contribution is 2.17. The molecule has 0 aliphatic rings. The van der Waals surface area contributed by atoms with Gasteiger partial charge in [-0.15, -0.1) is 12.4 Å². The third-order valence-electron chi connectivity index (χ3n) is 2.19. The Morgan fingerprint density at radius 1 is 1.53 bits per heavy atom. The lowest BCUT2D eigenvalue weighted by Gasteiger charge is -2.04. The zero-order valence-electron chi connectivity index (χ0n) is 8.99. The second-order valence-corrected chi connectivity index (χ2v) is 4.88. The lowest BCUT2D eigenvalue weighted by Crippen LogP contribution is -2.15. The van der Waals surface area contributed by atoms with Crippen molar-refractivity contribution in [3.63, 3.8) is 0 Å². The number of hydrogen-bond donors (Lipinski definition) is 1. The summed E-state index contributed by atoms with van der Waals surface area (Å²) < 4.78 is 2.89. The van der Waals surface area contributed by atoms with Crippen molar-refractivity contribution >= 4 is 45.6 Å². The van der Waals surface area contributed by atoms with Crippen LogP contribution in [-0.4, -0.2) is 15.9 Å². The predicted octanol–water partition coefficient (Wildman–Crippen LogP) is 3.41. The van der Waals surface area contributed by atoms with Gasteiger partial charge in [-0.05, 0) is 12.1 Å². The normalized spacial score (nSPS) is 10.2. The van der Waals surface area contributed by atoms with E-state index in [1.165, 1.54) is 0 Å². The third-order valence-corrected chi connectivity index (χ3v) is 2.77. The summed E-state index contributed by atoms with van der Waals surface area (Å²) >= 11 is 9.37. The topological polar surface area (TPSA) is 29.3 Å². The van der Waals surface area contributed by atoms with Gasteiger partial charge in [0.1, 0.15) is 5.65 Å². The van der Waals surface area contributed by atoms with Crippen LogP contribution in [0.1, 0.15) is 5.69 Å². The van der Waals surface area contributed by atoms with Crippen LogP contribution in [0.3, 0.4) is 0 Å². The fraction of sp³-hybridized carbons (Fsp3) is 0.182. The molecule has 2 rings (SSSR count). The molecule has 0 unspecified atom stereocenters. The van der Waals surface area contributed by atoms with Gasteiger partial charge in [0, 0.05) is 23.8 Å². The molecule has 2 aromatic rings. The lowest BCUT2D eigenvalue weighted by atomic mass is 10.4. The summed E-state index contributed by atoms with van der Waals surface area (Å²) in [4.78, 5) is 4.27. The van der Waals surface area contributed by atoms with E-state index in [0.29, 0.717) is 18.2 Å². The Morgan fingerprint density at radius 3 is 3.00 bits per heavy atom. The fourth-order valence-electron chi connectivity index (χ4n) is 1.49. The summed E-state index contributed by atoms with van der Waals surface area (Å²) in [6.45, 7) is 5.12. The Balaban J connectivity index is 0.00000144. The molecular formula is C11H12BrCl2N3. The van der Waals surface area contributed by atoms with Gasteiger partial charge >= 0.3 is 0 Å². The number of pyridine rings is 1. The minimum atomic E-state index is 0. The van der Waals surface area contributed by atoms with Gasteiger partial charge in [-0.1, -0.05) is 40.2 Å². The van der Waals surface area contributed by atoms with Crippen molar-refractivity contribution < 1.29 is 0 Å². The average Bonchev–Trinajstić information content (AvgIpc) is 2.55. The van der Waals surface area contributed by atoms with E-state index in [-0.39, 0.29) is 12.4 Å². The number of nitrogens with zero attached hydrogens (tertiary/aromatic N) is 2. The Morgan fingerprint density at radius 2 is 2.29 bits per heavy atom. The predicted molar refractivity (Wildman–Crippen MR) is 77.2 cm³/mol. The molecule has 0 atom stereocenters. The van der Waals surface area contributed by atoms with Gasteiger partial charge in [-0.25, -0.2) is 4.98 Å². The van der Waals surface area contributed by atoms with Crippen LogP contribution in [0, 0.1) is 0 Å². The highest BCUT2D eigenvalue weighted by molar-refractivity contribution is 9.11. The van der Waals surface area contributed by atoms with Gasteiger partial charge in [0.15, 0.2) is 5.15 Å². The van der Waals surface area contributed by atoms with E-state index < -0.39 is 0 Å². The Labute approximate surface area is 119 Å². The van der Waals surface area contributed by atoms with Crippen LogP contribution in [0.5, 0.6) is 0 Å². The Bertz CT molecular complexity index is 524. The first-order valence-electron chi connectivity index (χ1n) is 4.84. The molecule has 1 N–H and O–H groups in total. The molecule has 0 radical (unpaired) electrons. The number of nitrogens with one attached hydrogen (secondary N) is 1. The Kier molecular flexibility index (Phi) is 5.46. The highest BCUT2D eigenvalue weighted by Gasteiger charge is 2.08. The zero-order chi connectivity index (χ0) is 11.5. The van der Waals surface area contributed by atoms with E-state index in [2.05, 4.69) is 32.8 Å². The molecule has 0 spiro atoms. The van der Waals surface area contributed by atoms with Crippen LogP contribution in [0.25, 0.3) is 5.65 Å². The molecule has 0 saturated heterocycles. The maximum absolute atomic E-state index is 6.08. The van der Waals surface area contributed by atoms with Crippen LogP contribution in [0.4, 0.5) is 0 Å². The SMILES string of the molecule is C=C(Br)CNCc1c(Cl)nc2ccccn12.Cl. The lowest BCUT2D eigenvalue weighted by molar-refractivity contribution is 0.732. The molecule has 0 amide bonds. The summed E-state index contributed by atoms with van der Waals surface area (Å²) in [5, 5.41) is 3.77. The first-order valence-corrected chi connectivity index (χ1v) is 6.01. The highest BCUT2D eigenvalue weighted by atomic mass is 79.9. The van der Waals surface area contributed by atoms with E-state index in [4.69, 9.17) is 11.6 Å². The number of hydrogen-bond acceptors (Lipinski definition) is 2. The molecule has 0 aliphatic carbocycles. The van der Waals surface area contributed by atoms with Crippen molar-refractivity contribution in [2.75, 3.05) is 6.54 Å². The van der Waals surface area contributed by atoms with Crippen molar-refractivity contribution in [2.24, 2.45) is 0 Å². The molecule has 17 heavy (non-hydrogen) atoms. The van der Waals surface area contributed by atoms with E-state index in [1.54, 1.807) is 0 Å². The molecule has 0 aliphatic heterocycles. The second-order valence-electron chi connectivity index (χ2n) is 3.40. The van der Waals surface area contributed by atoms with Crippen molar-refractivity contribution in [3.8, 4) is 0 Å². The van der Waals surface area contributed by atoms with E-state index in [0.717, 1.165) is 15.8 Å². The van der Waals surface area contributed by atoms with Gasteiger partial charge < -0.3 is 9.72 Å². The summed E-state index contributed by atoms with van der Waals surface area (Å²) in [5.41, 5.74) is 1.83. The van der Waals surface area contributed by atoms with Crippen LogP contribution >= 0.6 is 39.9 Å². The van der Waals surface area contributed by atoms with Crippen molar-refractivity contribution in [1.29, 1.82) is 0 Å². The molecule has 92 valence electrons. The van der Waals surface area contributed by atoms with Gasteiger partial charge in [0.25, 0.3) is 0 Å². The molecule has 2 heterocycles. The van der Waals surface area contributed by atoms with Gasteiger partial charge in [0.2, 0.25) is 0 Å². The number of aromatic nitrogens is 2. The molecule has 2 aromatic heterocycles. The van der Waals surface area contributed by atoms with Gasteiger partial charge in [-0.3, -0.25) is 0 Å². The van der Waals surface area contributed by atoms with Crippen molar-refractivity contribution in [2.45, 2.75) is 6.54 Å². The molecule has 0 saturated carbocycles. The van der Waals surface area contributed by atoms with Crippen LogP contribution < -0.4 is 5.32 Å². The number of halogens is 3. The number of imidazole rings is 1. The maximum Gasteiger partial charge on any atom is 0.152 e. The number of rotatable bonds is 4. The molecular weight excluding hydrogens is 325 g/mol. The summed E-state index contributed by atoms with van der Waals surface area (Å²) in [5.74, 6) is 0. The van der Waals surface area contributed by atoms with E-state index in [1.807, 2.05) is 28.8 Å². The average molecular weight is 337 g/mol. The molecule has 0 fully saturated rings. The van der Waals surface area contributed by atoms with Crippen LogP contribution in [0.15, 0.2) is 35.5 Å². The number of fused-ring (bicyclic) bond motifs is 1. The quantitative estimate of drug-likeness (QED) is 0.927. The van der Waals surface area contributed by atoms with E-state index in [9.17, 15) is 0 Å². The van der Waals surface area contributed by atoms with Gasteiger partial charge in [-0.2, -0.15) is 0 Å². The zero-order valence-corrected chi connectivity index (χ0v) is 12.1. The summed E-state index contributed by atoms with van der Waals surface area (Å²) in [6, 6.07) is 5.83. The summed E-state index contributed by atoms with van der Waals surface area (Å²) in [6.07, 6.45) is 1.95. The molecule has 0 aromatic carbocycles. The molecule has 0 bridgehead atoms. The monoisotopic (exact) mass is 335 g/mol. The summed E-state index contributed by atoms with van der Waals surface area (Å²) in [7, 11) is 0. The van der Waals surface area contributed by atoms with Crippen LogP contribution in [0.2, 0.25) is 5.15 Å². The van der Waals surface area contributed by atoms with Crippen LogP contribution in [-0.2, 0) is 6.54 Å². The maximum atomic E-state index is 6.08. The van der Waals surface area contributed by atoms with Crippen molar-refractivity contribution in [3.05, 3.63) is 46.3 Å². The molecule has 3 nitrogen and oxygen atoms in total. The minimum absolute atomic E-state index is 0. The molecule has 6 heteroatoms. The smallest absolute Gasteiger partial charge is 0.152 e. The minimum Gasteiger partial charge on any atom is -0.306 e. The standard InChI is InChI=1S/C11H11BrClN3.ClH/c1-8(12)6-14-7-9-11(13)15-10-4-2-3-5-16(9)10;/h2-5,14H,1,6-7H2;1H. The first kappa shape index (κ1) is 14.5. The fourth-order valence-corrected chi connectivity index (χ4v) is 1.94. The van der Waals surface area contributed by atoms with E-state index >= 15 is 0 Å². The van der Waals surface area contributed by atoms with Crippen molar-refractivity contribution in [1.82, 2.24) is 14.7 Å². The van der Waals surface area contributed by atoms with Gasteiger partial charge in [0.05, 0.1) is 5.69 Å². The first-order chi connectivity index (χ1) is 7.68. The second kappa shape index (κ2) is 6.40. The third kappa shape index (κ3) is 3.45.